The summed E-state index contributed by atoms with van der Waals surface area (Å²) in [5, 5.41) is 11.1. The highest BCUT2D eigenvalue weighted by Gasteiger charge is 2.31. The van der Waals surface area contributed by atoms with Crippen LogP contribution in [0.25, 0.3) is 0 Å². The van der Waals surface area contributed by atoms with Crippen LogP contribution in [0.5, 0.6) is 0 Å². The second-order valence-corrected chi connectivity index (χ2v) is 11.6. The van der Waals surface area contributed by atoms with Gasteiger partial charge in [0.15, 0.2) is 0 Å². The van der Waals surface area contributed by atoms with Crippen LogP contribution in [0.3, 0.4) is 0 Å². The molecule has 0 aromatic rings. The number of aliphatic hydroxyl groups is 1. The quantitative estimate of drug-likeness (QED) is 0.111. The Balaban J connectivity index is 4.72. The van der Waals surface area contributed by atoms with Gasteiger partial charge in [0.2, 0.25) is 0 Å². The Bertz CT molecular complexity index is 365. The van der Waals surface area contributed by atoms with Gasteiger partial charge in [0.05, 0.1) is 6.10 Å². The zero-order valence-corrected chi connectivity index (χ0v) is 24.3. The van der Waals surface area contributed by atoms with Gasteiger partial charge in [-0.3, -0.25) is 0 Å². The minimum Gasteiger partial charge on any atom is -0.393 e. The van der Waals surface area contributed by atoms with Crippen LogP contribution >= 0.6 is 0 Å². The van der Waals surface area contributed by atoms with E-state index in [0.29, 0.717) is 5.41 Å². The first-order chi connectivity index (χ1) is 16.6. The van der Waals surface area contributed by atoms with Crippen molar-refractivity contribution in [3.05, 3.63) is 6.92 Å². The lowest BCUT2D eigenvalue weighted by Gasteiger charge is -2.37. The van der Waals surface area contributed by atoms with Crippen molar-refractivity contribution in [3.8, 4) is 0 Å². The number of hydrogen-bond acceptors (Lipinski definition) is 1. The molecule has 0 aromatic heterocycles. The van der Waals surface area contributed by atoms with Crippen LogP contribution in [0.1, 0.15) is 194 Å². The van der Waals surface area contributed by atoms with Crippen LogP contribution in [0.2, 0.25) is 0 Å². The highest BCUT2D eigenvalue weighted by molar-refractivity contribution is 4.83. The molecular formula is C33H67O. The predicted octanol–water partition coefficient (Wildman–Crippen LogP) is 11.8. The van der Waals surface area contributed by atoms with Gasteiger partial charge in [-0.2, -0.15) is 0 Å². The Morgan fingerprint density at radius 1 is 0.500 bits per heavy atom. The summed E-state index contributed by atoms with van der Waals surface area (Å²) >= 11 is 0. The molecule has 0 saturated carbocycles. The zero-order chi connectivity index (χ0) is 25.2. The fourth-order valence-corrected chi connectivity index (χ4v) is 5.86. The molecule has 0 bridgehead atoms. The van der Waals surface area contributed by atoms with E-state index in [-0.39, 0.29) is 6.10 Å². The fraction of sp³-hybridized carbons (Fsp3) is 0.970. The third-order valence-electron chi connectivity index (χ3n) is 8.14. The highest BCUT2D eigenvalue weighted by atomic mass is 16.3. The third-order valence-corrected chi connectivity index (χ3v) is 8.14. The third kappa shape index (κ3) is 21.3. The van der Waals surface area contributed by atoms with Crippen molar-refractivity contribution < 1.29 is 5.11 Å². The second kappa shape index (κ2) is 26.0. The molecule has 1 N–H and O–H groups in total. The summed E-state index contributed by atoms with van der Waals surface area (Å²) in [7, 11) is 0. The first-order valence-electron chi connectivity index (χ1n) is 16.1. The molecule has 1 unspecified atom stereocenters. The number of unbranched alkanes of at least 4 members (excludes halogenated alkanes) is 18. The normalized spacial score (nSPS) is 13.0. The molecule has 1 atom stereocenters. The van der Waals surface area contributed by atoms with Gasteiger partial charge in [-0.15, -0.1) is 0 Å². The van der Waals surface area contributed by atoms with Crippen molar-refractivity contribution in [2.75, 3.05) is 0 Å². The minimum absolute atomic E-state index is 0.0800. The summed E-state index contributed by atoms with van der Waals surface area (Å²) in [6.07, 6.45) is 35.7. The lowest BCUT2D eigenvalue weighted by Crippen LogP contribution is -2.27. The molecule has 205 valence electrons. The zero-order valence-electron chi connectivity index (χ0n) is 24.3. The maximum atomic E-state index is 11.1. The van der Waals surface area contributed by atoms with Crippen LogP contribution in [0, 0.1) is 12.3 Å². The predicted molar refractivity (Wildman–Crippen MR) is 155 cm³/mol. The van der Waals surface area contributed by atoms with Crippen molar-refractivity contribution in [1.29, 1.82) is 0 Å². The number of rotatable bonds is 28. The fourth-order valence-electron chi connectivity index (χ4n) is 5.86. The molecule has 0 aliphatic heterocycles. The number of aliphatic hydroxyl groups excluding tert-OH is 1. The van der Waals surface area contributed by atoms with Gasteiger partial charge in [0.1, 0.15) is 0 Å². The molecule has 0 spiro atoms. The molecule has 1 nitrogen and oxygen atoms in total. The molecule has 34 heavy (non-hydrogen) atoms. The van der Waals surface area contributed by atoms with Crippen LogP contribution in [0.15, 0.2) is 0 Å². The summed E-state index contributed by atoms with van der Waals surface area (Å²) in [5.74, 6) is 0. The van der Waals surface area contributed by atoms with Crippen LogP contribution in [0.4, 0.5) is 0 Å². The number of hydrogen-bond donors (Lipinski definition) is 1. The summed E-state index contributed by atoms with van der Waals surface area (Å²) < 4.78 is 0. The van der Waals surface area contributed by atoms with E-state index in [9.17, 15) is 5.11 Å². The van der Waals surface area contributed by atoms with E-state index < -0.39 is 0 Å². The highest BCUT2D eigenvalue weighted by Crippen LogP contribution is 2.42. The van der Waals surface area contributed by atoms with Crippen LogP contribution in [-0.2, 0) is 0 Å². The summed E-state index contributed by atoms with van der Waals surface area (Å²) in [4.78, 5) is 0. The Kier molecular flexibility index (Phi) is 26.0. The maximum Gasteiger partial charge on any atom is 0.0545 e. The van der Waals surface area contributed by atoms with E-state index in [1.165, 1.54) is 154 Å². The molecule has 0 aliphatic carbocycles. The van der Waals surface area contributed by atoms with E-state index in [4.69, 9.17) is 0 Å². The summed E-state index contributed by atoms with van der Waals surface area (Å²) in [6, 6.07) is 0. The topological polar surface area (TPSA) is 20.2 Å². The summed E-state index contributed by atoms with van der Waals surface area (Å²) in [5.41, 5.74) is 0.403. The lowest BCUT2D eigenvalue weighted by atomic mass is 9.70. The smallest absolute Gasteiger partial charge is 0.0545 e. The Labute approximate surface area is 217 Å². The monoisotopic (exact) mass is 480 g/mol. The first-order valence-corrected chi connectivity index (χ1v) is 16.1. The molecule has 0 aromatic carbocycles. The van der Waals surface area contributed by atoms with Crippen molar-refractivity contribution in [2.24, 2.45) is 5.41 Å². The van der Waals surface area contributed by atoms with Crippen LogP contribution in [-0.4, -0.2) is 11.2 Å². The lowest BCUT2D eigenvalue weighted by molar-refractivity contribution is 0.0643. The standard InChI is InChI=1S/C33H67O/c1-5-9-13-17-19-20-21-23-27-32(34)31-33(28-24-15-11-7-3,29-25-16-12-8-4)30-26-22-18-14-10-6-2/h32,34H,1,5-31H2,2-4H3. The van der Waals surface area contributed by atoms with Gasteiger partial charge in [-0.05, 0) is 37.5 Å². The average Bonchev–Trinajstić information content (AvgIpc) is 2.83. The Morgan fingerprint density at radius 3 is 1.29 bits per heavy atom. The molecule has 0 aliphatic rings. The van der Waals surface area contributed by atoms with E-state index in [1.54, 1.807) is 0 Å². The maximum absolute atomic E-state index is 11.1. The molecule has 0 amide bonds. The molecule has 1 heteroatoms. The Hall–Kier alpha value is -0.0400. The summed E-state index contributed by atoms with van der Waals surface area (Å²) in [6.45, 7) is 10.9. The van der Waals surface area contributed by atoms with Gasteiger partial charge >= 0.3 is 0 Å². The average molecular weight is 480 g/mol. The Morgan fingerprint density at radius 2 is 0.853 bits per heavy atom. The molecular weight excluding hydrogens is 412 g/mol. The van der Waals surface area contributed by atoms with Crippen molar-refractivity contribution in [3.63, 3.8) is 0 Å². The van der Waals surface area contributed by atoms with Crippen LogP contribution < -0.4 is 0 Å². The largest absolute Gasteiger partial charge is 0.393 e. The van der Waals surface area contributed by atoms with Crippen molar-refractivity contribution in [1.82, 2.24) is 0 Å². The van der Waals surface area contributed by atoms with E-state index in [1.807, 2.05) is 0 Å². The van der Waals surface area contributed by atoms with Gasteiger partial charge in [-0.25, -0.2) is 0 Å². The molecule has 0 fully saturated rings. The first kappa shape index (κ1) is 34.0. The molecule has 1 radical (unpaired) electrons. The molecule has 0 heterocycles. The van der Waals surface area contributed by atoms with Gasteiger partial charge in [0, 0.05) is 0 Å². The molecule has 0 saturated heterocycles. The minimum atomic E-state index is -0.0800. The van der Waals surface area contributed by atoms with E-state index >= 15 is 0 Å². The second-order valence-electron chi connectivity index (χ2n) is 11.6. The van der Waals surface area contributed by atoms with E-state index in [2.05, 4.69) is 27.7 Å². The van der Waals surface area contributed by atoms with E-state index in [0.717, 1.165) is 19.3 Å². The van der Waals surface area contributed by atoms with Crippen molar-refractivity contribution in [2.45, 2.75) is 200 Å². The van der Waals surface area contributed by atoms with Gasteiger partial charge in [-0.1, -0.05) is 169 Å². The van der Waals surface area contributed by atoms with Gasteiger partial charge < -0.3 is 5.11 Å². The van der Waals surface area contributed by atoms with Gasteiger partial charge in [0.25, 0.3) is 0 Å². The molecule has 0 rings (SSSR count). The van der Waals surface area contributed by atoms with Crippen molar-refractivity contribution >= 4 is 0 Å². The SMILES string of the molecule is [CH2]CCCCCCCCCC(O)CC(CCCCCC)(CCCCCC)CCCCCCCC.